The first kappa shape index (κ1) is 18.8. The number of hydrogen-bond acceptors (Lipinski definition) is 4. The summed E-state index contributed by atoms with van der Waals surface area (Å²) in [5.74, 6) is 0.704. The number of carbonyl (C=O) groups excluding carboxylic acids is 1. The molecule has 0 spiro atoms. The van der Waals surface area contributed by atoms with E-state index in [1.807, 2.05) is 6.92 Å². The van der Waals surface area contributed by atoms with Crippen LogP contribution in [0.25, 0.3) is 0 Å². The fourth-order valence-corrected chi connectivity index (χ4v) is 2.52. The average molecular weight is 392 g/mol. The topological polar surface area (TPSA) is 69.0 Å². The van der Waals surface area contributed by atoms with Crippen molar-refractivity contribution in [3.8, 4) is 5.88 Å². The molecular weight excluding hydrogens is 375 g/mol. The highest BCUT2D eigenvalue weighted by Gasteiger charge is 2.14. The number of halogens is 3. The third-order valence-corrected chi connectivity index (χ3v) is 3.85. The molecule has 1 amide bonds. The summed E-state index contributed by atoms with van der Waals surface area (Å²) in [4.78, 5) is 16.0. The summed E-state index contributed by atoms with van der Waals surface area (Å²) in [6.45, 7) is 6.44. The van der Waals surface area contributed by atoms with Crippen LogP contribution in [0.4, 0.5) is 5.82 Å². The molecule has 9 heteroatoms. The number of aromatic nitrogens is 3. The van der Waals surface area contributed by atoms with Crippen LogP contribution in [-0.4, -0.2) is 27.3 Å². The van der Waals surface area contributed by atoms with E-state index in [4.69, 9.17) is 39.5 Å². The first-order valence-electron chi connectivity index (χ1n) is 7.25. The Hall–Kier alpha value is -1.50. The van der Waals surface area contributed by atoms with Crippen molar-refractivity contribution >= 4 is 46.5 Å². The summed E-state index contributed by atoms with van der Waals surface area (Å²) >= 11 is 17.6. The molecule has 0 bridgehead atoms. The molecule has 6 nitrogen and oxygen atoms in total. The minimum Gasteiger partial charge on any atom is -0.466 e. The van der Waals surface area contributed by atoms with E-state index < -0.39 is 0 Å². The van der Waals surface area contributed by atoms with Crippen molar-refractivity contribution in [1.82, 2.24) is 14.8 Å². The number of pyridine rings is 1. The highest BCUT2D eigenvalue weighted by molar-refractivity contribution is 6.42. The molecule has 0 aliphatic heterocycles. The molecule has 0 aliphatic carbocycles. The van der Waals surface area contributed by atoms with Gasteiger partial charge in [-0.3, -0.25) is 4.79 Å². The van der Waals surface area contributed by atoms with Gasteiger partial charge in [-0.1, -0.05) is 48.7 Å². The molecule has 0 atom stereocenters. The normalized spacial score (nSPS) is 11.0. The molecule has 0 radical (unpaired) electrons. The molecule has 0 saturated carbocycles. The zero-order valence-electron chi connectivity index (χ0n) is 13.4. The number of anilines is 1. The molecule has 0 saturated heterocycles. The van der Waals surface area contributed by atoms with Gasteiger partial charge in [0, 0.05) is 12.6 Å². The lowest BCUT2D eigenvalue weighted by Gasteiger charge is -2.11. The molecule has 2 heterocycles. The monoisotopic (exact) mass is 390 g/mol. The zero-order chi connectivity index (χ0) is 17.9. The molecule has 0 unspecified atom stereocenters. The standard InChI is InChI=1S/C15H17Cl3N4O2/c1-8(2)6-22-12(4-9(3)21-22)19-13(23)7-24-15-11(17)5-10(16)14(18)20-15/h4-5,8H,6-7H2,1-3H3,(H,19,23). The minimum atomic E-state index is -0.358. The van der Waals surface area contributed by atoms with Crippen LogP contribution in [0.5, 0.6) is 5.88 Å². The molecule has 0 aliphatic rings. The number of rotatable bonds is 6. The van der Waals surface area contributed by atoms with Gasteiger partial charge in [-0.25, -0.2) is 4.68 Å². The summed E-state index contributed by atoms with van der Waals surface area (Å²) in [7, 11) is 0. The predicted molar refractivity (Wildman–Crippen MR) is 95.2 cm³/mol. The molecule has 130 valence electrons. The van der Waals surface area contributed by atoms with E-state index in [1.165, 1.54) is 6.07 Å². The smallest absolute Gasteiger partial charge is 0.263 e. The maximum absolute atomic E-state index is 12.1. The maximum Gasteiger partial charge on any atom is 0.263 e. The van der Waals surface area contributed by atoms with Crippen LogP contribution in [0, 0.1) is 12.8 Å². The summed E-state index contributed by atoms with van der Waals surface area (Å²) in [5.41, 5.74) is 0.820. The Morgan fingerprint density at radius 2 is 2.00 bits per heavy atom. The second-order valence-electron chi connectivity index (χ2n) is 5.63. The van der Waals surface area contributed by atoms with E-state index in [9.17, 15) is 4.79 Å². The van der Waals surface area contributed by atoms with Crippen LogP contribution < -0.4 is 10.1 Å². The van der Waals surface area contributed by atoms with Gasteiger partial charge in [0.05, 0.1) is 10.7 Å². The van der Waals surface area contributed by atoms with Gasteiger partial charge in [0.15, 0.2) is 11.8 Å². The SMILES string of the molecule is Cc1cc(NC(=O)COc2nc(Cl)c(Cl)cc2Cl)n(CC(C)C)n1. The third kappa shape index (κ3) is 5.00. The molecule has 2 rings (SSSR count). The van der Waals surface area contributed by atoms with Gasteiger partial charge in [-0.15, -0.1) is 0 Å². The van der Waals surface area contributed by atoms with Crippen LogP contribution >= 0.6 is 34.8 Å². The molecule has 0 aromatic carbocycles. The quantitative estimate of drug-likeness (QED) is 0.749. The highest BCUT2D eigenvalue weighted by atomic mass is 35.5. The number of carbonyl (C=O) groups is 1. The lowest BCUT2D eigenvalue weighted by Crippen LogP contribution is -2.23. The van der Waals surface area contributed by atoms with Crippen molar-refractivity contribution in [2.75, 3.05) is 11.9 Å². The van der Waals surface area contributed by atoms with Crippen molar-refractivity contribution < 1.29 is 9.53 Å². The number of ether oxygens (including phenoxy) is 1. The van der Waals surface area contributed by atoms with Crippen LogP contribution in [0.1, 0.15) is 19.5 Å². The Balaban J connectivity index is 2.00. The summed E-state index contributed by atoms with van der Waals surface area (Å²) in [6, 6.07) is 3.21. The fraction of sp³-hybridized carbons (Fsp3) is 0.400. The molecular formula is C15H17Cl3N4O2. The van der Waals surface area contributed by atoms with Crippen molar-refractivity contribution in [2.45, 2.75) is 27.3 Å². The lowest BCUT2D eigenvalue weighted by molar-refractivity contribution is -0.118. The van der Waals surface area contributed by atoms with Gasteiger partial charge in [-0.2, -0.15) is 10.1 Å². The summed E-state index contributed by atoms with van der Waals surface area (Å²) < 4.78 is 7.06. The minimum absolute atomic E-state index is 0.0492. The number of nitrogens with one attached hydrogen (secondary N) is 1. The number of hydrogen-bond donors (Lipinski definition) is 1. The fourth-order valence-electron chi connectivity index (χ4n) is 1.97. The van der Waals surface area contributed by atoms with E-state index in [-0.39, 0.29) is 33.6 Å². The highest BCUT2D eigenvalue weighted by Crippen LogP contribution is 2.30. The zero-order valence-corrected chi connectivity index (χ0v) is 15.7. The Morgan fingerprint density at radius 3 is 2.67 bits per heavy atom. The summed E-state index contributed by atoms with van der Waals surface area (Å²) in [5, 5.41) is 7.56. The third-order valence-electron chi connectivity index (χ3n) is 2.90. The molecule has 2 aromatic rings. The van der Waals surface area contributed by atoms with Crippen LogP contribution in [0.3, 0.4) is 0 Å². The number of nitrogens with zero attached hydrogens (tertiary/aromatic N) is 3. The maximum atomic E-state index is 12.1. The lowest BCUT2D eigenvalue weighted by atomic mass is 10.2. The van der Waals surface area contributed by atoms with E-state index in [1.54, 1.807) is 10.7 Å². The van der Waals surface area contributed by atoms with E-state index >= 15 is 0 Å². The van der Waals surface area contributed by atoms with Crippen LogP contribution in [0.15, 0.2) is 12.1 Å². The Bertz CT molecular complexity index is 747. The van der Waals surface area contributed by atoms with Crippen molar-refractivity contribution in [1.29, 1.82) is 0 Å². The first-order chi connectivity index (χ1) is 11.3. The predicted octanol–water partition coefficient (Wildman–Crippen LogP) is 4.22. The second kappa shape index (κ2) is 8.05. The van der Waals surface area contributed by atoms with E-state index in [0.29, 0.717) is 18.3 Å². The number of aryl methyl sites for hydroxylation is 1. The average Bonchev–Trinajstić information content (AvgIpc) is 2.80. The van der Waals surface area contributed by atoms with Gasteiger partial charge in [0.1, 0.15) is 10.8 Å². The van der Waals surface area contributed by atoms with Gasteiger partial charge < -0.3 is 10.1 Å². The van der Waals surface area contributed by atoms with E-state index in [0.717, 1.165) is 5.69 Å². The summed E-state index contributed by atoms with van der Waals surface area (Å²) in [6.07, 6.45) is 0. The Morgan fingerprint density at radius 1 is 1.29 bits per heavy atom. The molecule has 24 heavy (non-hydrogen) atoms. The van der Waals surface area contributed by atoms with Crippen LogP contribution in [0.2, 0.25) is 15.2 Å². The van der Waals surface area contributed by atoms with Crippen molar-refractivity contribution in [3.63, 3.8) is 0 Å². The van der Waals surface area contributed by atoms with E-state index in [2.05, 4.69) is 29.2 Å². The van der Waals surface area contributed by atoms with Gasteiger partial charge in [-0.05, 0) is 18.9 Å². The van der Waals surface area contributed by atoms with Crippen molar-refractivity contribution in [3.05, 3.63) is 33.0 Å². The van der Waals surface area contributed by atoms with Gasteiger partial charge in [0.25, 0.3) is 5.91 Å². The molecule has 1 N–H and O–H groups in total. The van der Waals surface area contributed by atoms with Gasteiger partial charge in [0.2, 0.25) is 5.88 Å². The first-order valence-corrected chi connectivity index (χ1v) is 8.38. The van der Waals surface area contributed by atoms with Crippen molar-refractivity contribution in [2.24, 2.45) is 5.92 Å². The Kier molecular flexibility index (Phi) is 6.32. The second-order valence-corrected chi connectivity index (χ2v) is 6.80. The largest absolute Gasteiger partial charge is 0.466 e. The molecule has 2 aromatic heterocycles. The van der Waals surface area contributed by atoms with Crippen LogP contribution in [-0.2, 0) is 11.3 Å². The Labute approximate surface area is 155 Å². The van der Waals surface area contributed by atoms with Gasteiger partial charge >= 0.3 is 0 Å². The number of amides is 1. The molecule has 0 fully saturated rings.